The van der Waals surface area contributed by atoms with Crippen molar-refractivity contribution < 1.29 is 9.90 Å². The summed E-state index contributed by atoms with van der Waals surface area (Å²) in [5.41, 5.74) is 2.01. The van der Waals surface area contributed by atoms with Crippen molar-refractivity contribution in [1.29, 1.82) is 0 Å². The molecule has 98 valence electrons. The maximum Gasteiger partial charge on any atom is 0.251 e. The standard InChI is InChI=1S/C15H21NO2/c1-11(17)10-16-15(18)14-8-6-13(7-9-14)12-4-2-3-5-12/h6-9,11-12,17H,2-5,10H2,1H3,(H,16,18). The van der Waals surface area contributed by atoms with Crippen LogP contribution in [0.2, 0.25) is 0 Å². The molecule has 18 heavy (non-hydrogen) atoms. The molecule has 1 unspecified atom stereocenters. The second kappa shape index (κ2) is 6.01. The highest BCUT2D eigenvalue weighted by atomic mass is 16.3. The van der Waals surface area contributed by atoms with Gasteiger partial charge >= 0.3 is 0 Å². The van der Waals surface area contributed by atoms with Crippen LogP contribution in [0, 0.1) is 0 Å². The van der Waals surface area contributed by atoms with Crippen LogP contribution in [-0.2, 0) is 0 Å². The number of nitrogens with one attached hydrogen (secondary N) is 1. The third kappa shape index (κ3) is 3.33. The fraction of sp³-hybridized carbons (Fsp3) is 0.533. The van der Waals surface area contributed by atoms with Gasteiger partial charge in [-0.15, -0.1) is 0 Å². The van der Waals surface area contributed by atoms with Gasteiger partial charge in [-0.3, -0.25) is 4.79 Å². The largest absolute Gasteiger partial charge is 0.392 e. The van der Waals surface area contributed by atoms with Gasteiger partial charge < -0.3 is 10.4 Å². The number of carbonyl (C=O) groups is 1. The number of benzene rings is 1. The van der Waals surface area contributed by atoms with Crippen LogP contribution in [0.3, 0.4) is 0 Å². The van der Waals surface area contributed by atoms with Crippen molar-refractivity contribution >= 4 is 5.91 Å². The van der Waals surface area contributed by atoms with E-state index < -0.39 is 6.10 Å². The molecule has 0 bridgehead atoms. The van der Waals surface area contributed by atoms with Crippen LogP contribution in [0.1, 0.15) is 54.4 Å². The van der Waals surface area contributed by atoms with E-state index >= 15 is 0 Å². The molecule has 1 aromatic carbocycles. The molecule has 0 aromatic heterocycles. The molecule has 0 heterocycles. The van der Waals surface area contributed by atoms with Crippen molar-refractivity contribution in [3.05, 3.63) is 35.4 Å². The molecule has 1 saturated carbocycles. The lowest BCUT2D eigenvalue weighted by atomic mass is 9.96. The number of aliphatic hydroxyl groups is 1. The monoisotopic (exact) mass is 247 g/mol. The second-order valence-corrected chi connectivity index (χ2v) is 5.16. The molecule has 0 saturated heterocycles. The molecule has 1 aliphatic rings. The van der Waals surface area contributed by atoms with Gasteiger partial charge in [-0.1, -0.05) is 25.0 Å². The third-order valence-corrected chi connectivity index (χ3v) is 3.56. The molecule has 0 spiro atoms. The van der Waals surface area contributed by atoms with E-state index in [1.165, 1.54) is 31.2 Å². The van der Waals surface area contributed by atoms with Gasteiger partial charge in [-0.05, 0) is 43.4 Å². The van der Waals surface area contributed by atoms with E-state index in [1.54, 1.807) is 6.92 Å². The highest BCUT2D eigenvalue weighted by molar-refractivity contribution is 5.94. The highest BCUT2D eigenvalue weighted by Crippen LogP contribution is 2.33. The Morgan fingerprint density at radius 1 is 1.33 bits per heavy atom. The molecule has 3 nitrogen and oxygen atoms in total. The van der Waals surface area contributed by atoms with Gasteiger partial charge in [0.25, 0.3) is 5.91 Å². The lowest BCUT2D eigenvalue weighted by Crippen LogP contribution is -2.30. The molecule has 2 rings (SSSR count). The van der Waals surface area contributed by atoms with Crippen molar-refractivity contribution in [3.8, 4) is 0 Å². The van der Waals surface area contributed by atoms with Crippen LogP contribution >= 0.6 is 0 Å². The number of hydrogen-bond donors (Lipinski definition) is 2. The predicted octanol–water partition coefficient (Wildman–Crippen LogP) is 2.45. The van der Waals surface area contributed by atoms with Gasteiger partial charge in [0.2, 0.25) is 0 Å². The van der Waals surface area contributed by atoms with E-state index in [0.29, 0.717) is 18.0 Å². The van der Waals surface area contributed by atoms with Crippen molar-refractivity contribution in [2.45, 2.75) is 44.6 Å². The minimum atomic E-state index is -0.508. The number of amides is 1. The maximum atomic E-state index is 11.8. The fourth-order valence-electron chi connectivity index (χ4n) is 2.51. The summed E-state index contributed by atoms with van der Waals surface area (Å²) in [4.78, 5) is 11.8. The first-order valence-electron chi connectivity index (χ1n) is 6.73. The minimum Gasteiger partial charge on any atom is -0.392 e. The van der Waals surface area contributed by atoms with Crippen LogP contribution in [0.25, 0.3) is 0 Å². The van der Waals surface area contributed by atoms with Crippen LogP contribution in [-0.4, -0.2) is 23.7 Å². The van der Waals surface area contributed by atoms with Crippen molar-refractivity contribution in [1.82, 2.24) is 5.32 Å². The Morgan fingerprint density at radius 3 is 2.50 bits per heavy atom. The Kier molecular flexibility index (Phi) is 4.37. The quantitative estimate of drug-likeness (QED) is 0.858. The zero-order valence-electron chi connectivity index (χ0n) is 10.9. The van der Waals surface area contributed by atoms with Crippen molar-refractivity contribution in [3.63, 3.8) is 0 Å². The molecular weight excluding hydrogens is 226 g/mol. The highest BCUT2D eigenvalue weighted by Gasteiger charge is 2.17. The van der Waals surface area contributed by atoms with Crippen LogP contribution in [0.5, 0.6) is 0 Å². The Bertz CT molecular complexity index is 391. The summed E-state index contributed by atoms with van der Waals surface area (Å²) in [6, 6.07) is 7.89. The fourth-order valence-corrected chi connectivity index (χ4v) is 2.51. The average molecular weight is 247 g/mol. The second-order valence-electron chi connectivity index (χ2n) is 5.16. The van der Waals surface area contributed by atoms with E-state index in [1.807, 2.05) is 12.1 Å². The normalized spacial score (nSPS) is 17.7. The minimum absolute atomic E-state index is 0.117. The first-order valence-corrected chi connectivity index (χ1v) is 6.73. The van der Waals surface area contributed by atoms with Gasteiger partial charge in [0.05, 0.1) is 6.10 Å². The van der Waals surface area contributed by atoms with E-state index in [4.69, 9.17) is 5.11 Å². The van der Waals surface area contributed by atoms with E-state index in [9.17, 15) is 4.79 Å². The number of carbonyl (C=O) groups excluding carboxylic acids is 1. The van der Waals surface area contributed by atoms with E-state index in [2.05, 4.69) is 17.4 Å². The van der Waals surface area contributed by atoms with Crippen molar-refractivity contribution in [2.75, 3.05) is 6.54 Å². The van der Waals surface area contributed by atoms with Gasteiger partial charge in [0.1, 0.15) is 0 Å². The summed E-state index contributed by atoms with van der Waals surface area (Å²) < 4.78 is 0. The average Bonchev–Trinajstić information content (AvgIpc) is 2.90. The number of rotatable bonds is 4. The zero-order chi connectivity index (χ0) is 13.0. The summed E-state index contributed by atoms with van der Waals surface area (Å²) in [7, 11) is 0. The van der Waals surface area contributed by atoms with Gasteiger partial charge in [0, 0.05) is 12.1 Å². The molecule has 1 atom stereocenters. The Hall–Kier alpha value is -1.35. The van der Waals surface area contributed by atoms with Crippen LogP contribution in [0.15, 0.2) is 24.3 Å². The molecule has 1 amide bonds. The van der Waals surface area contributed by atoms with Gasteiger partial charge in [-0.25, -0.2) is 0 Å². The summed E-state index contributed by atoms with van der Waals surface area (Å²) in [5, 5.41) is 11.8. The van der Waals surface area contributed by atoms with Crippen molar-refractivity contribution in [2.24, 2.45) is 0 Å². The first-order chi connectivity index (χ1) is 8.66. The smallest absolute Gasteiger partial charge is 0.251 e. The SMILES string of the molecule is CC(O)CNC(=O)c1ccc(C2CCCC2)cc1. The molecule has 1 aromatic rings. The molecule has 3 heteroatoms. The molecule has 1 aliphatic carbocycles. The molecular formula is C15H21NO2. The van der Waals surface area contributed by atoms with Gasteiger partial charge in [0.15, 0.2) is 0 Å². The summed E-state index contributed by atoms with van der Waals surface area (Å²) in [6.07, 6.45) is 4.68. The van der Waals surface area contributed by atoms with Crippen LogP contribution < -0.4 is 5.32 Å². The Balaban J connectivity index is 1.96. The van der Waals surface area contributed by atoms with E-state index in [-0.39, 0.29) is 5.91 Å². The lowest BCUT2D eigenvalue weighted by molar-refractivity contribution is 0.0924. The Morgan fingerprint density at radius 2 is 1.94 bits per heavy atom. The molecule has 0 aliphatic heterocycles. The number of aliphatic hydroxyl groups excluding tert-OH is 1. The maximum absolute atomic E-state index is 11.8. The predicted molar refractivity (Wildman–Crippen MR) is 71.7 cm³/mol. The van der Waals surface area contributed by atoms with E-state index in [0.717, 1.165) is 0 Å². The summed E-state index contributed by atoms with van der Waals surface area (Å²) in [5.74, 6) is 0.563. The topological polar surface area (TPSA) is 49.3 Å². The molecule has 2 N–H and O–H groups in total. The molecule has 0 radical (unpaired) electrons. The number of hydrogen-bond acceptors (Lipinski definition) is 2. The zero-order valence-corrected chi connectivity index (χ0v) is 10.9. The summed E-state index contributed by atoms with van der Waals surface area (Å²) in [6.45, 7) is 1.95. The van der Waals surface area contributed by atoms with Gasteiger partial charge in [-0.2, -0.15) is 0 Å². The lowest BCUT2D eigenvalue weighted by Gasteiger charge is -2.11. The summed E-state index contributed by atoms with van der Waals surface area (Å²) >= 11 is 0. The first kappa shape index (κ1) is 13.1. The van der Waals surface area contributed by atoms with Crippen LogP contribution in [0.4, 0.5) is 0 Å². The Labute approximate surface area is 108 Å². The third-order valence-electron chi connectivity index (χ3n) is 3.56. The molecule has 1 fully saturated rings.